The molecule has 0 aliphatic carbocycles. The number of ether oxygens (including phenoxy) is 1. The van der Waals surface area contributed by atoms with Crippen molar-refractivity contribution in [3.63, 3.8) is 0 Å². The van der Waals surface area contributed by atoms with Crippen LogP contribution in [0.1, 0.15) is 11.1 Å². The molecule has 0 atom stereocenters. The first kappa shape index (κ1) is 14.2. The van der Waals surface area contributed by atoms with Gasteiger partial charge in [-0.2, -0.15) is 31.3 Å². The molecule has 0 saturated carbocycles. The van der Waals surface area contributed by atoms with Gasteiger partial charge in [-0.3, -0.25) is 0 Å². The molecule has 0 amide bonds. The van der Waals surface area contributed by atoms with E-state index < -0.39 is 29.2 Å². The van der Waals surface area contributed by atoms with Gasteiger partial charge in [-0.25, -0.2) is 0 Å². The van der Waals surface area contributed by atoms with Crippen LogP contribution in [-0.4, -0.2) is 4.98 Å². The van der Waals surface area contributed by atoms with Crippen LogP contribution in [-0.2, 0) is 12.4 Å². The second-order valence-corrected chi connectivity index (χ2v) is 3.59. The van der Waals surface area contributed by atoms with Gasteiger partial charge in [0.05, 0.1) is 11.1 Å². The van der Waals surface area contributed by atoms with Crippen LogP contribution in [0.2, 0.25) is 0 Å². The summed E-state index contributed by atoms with van der Waals surface area (Å²) < 4.78 is 84.6. The maximum absolute atomic E-state index is 12.7. The number of rotatable bonds is 2. The molecule has 0 bridgehead atoms. The molecule has 1 heterocycles. The highest BCUT2D eigenvalue weighted by atomic mass is 19.4. The highest BCUT2D eigenvalue weighted by Gasteiger charge is 2.39. The van der Waals surface area contributed by atoms with Gasteiger partial charge >= 0.3 is 12.4 Å². The molecule has 0 fully saturated rings. The third kappa shape index (κ3) is 3.03. The zero-order valence-electron chi connectivity index (χ0n) is 9.34. The Labute approximate surface area is 107 Å². The van der Waals surface area contributed by atoms with Crippen LogP contribution in [0.5, 0.6) is 11.6 Å². The molecule has 0 spiro atoms. The topological polar surface area (TPSA) is 35.3 Å². The van der Waals surface area contributed by atoms with Gasteiger partial charge < -0.3 is 9.15 Å². The Morgan fingerprint density at radius 3 is 2.25 bits per heavy atom. The summed E-state index contributed by atoms with van der Waals surface area (Å²) in [6, 6.07) is 1.02. The molecular formula is C11H4F6NO2. The Balaban J connectivity index is 2.46. The van der Waals surface area contributed by atoms with Crippen LogP contribution < -0.4 is 4.74 Å². The molecule has 1 aromatic carbocycles. The number of benzene rings is 1. The van der Waals surface area contributed by atoms with E-state index in [1.165, 1.54) is 0 Å². The van der Waals surface area contributed by atoms with E-state index in [4.69, 9.17) is 4.74 Å². The average molecular weight is 296 g/mol. The fourth-order valence-electron chi connectivity index (χ4n) is 1.35. The first-order chi connectivity index (χ1) is 9.18. The molecule has 1 radical (unpaired) electrons. The summed E-state index contributed by atoms with van der Waals surface area (Å²) in [5.74, 6) is -1.16. The van der Waals surface area contributed by atoms with E-state index in [-0.39, 0.29) is 11.9 Å². The molecule has 9 heteroatoms. The lowest BCUT2D eigenvalue weighted by molar-refractivity contribution is -0.143. The Kier molecular flexibility index (Phi) is 3.36. The monoisotopic (exact) mass is 296 g/mol. The van der Waals surface area contributed by atoms with Crippen LogP contribution >= 0.6 is 0 Å². The van der Waals surface area contributed by atoms with Crippen molar-refractivity contribution in [2.45, 2.75) is 12.4 Å². The first-order valence-corrected chi connectivity index (χ1v) is 4.96. The number of nitrogens with zero attached hydrogens (tertiary/aromatic N) is 1. The summed E-state index contributed by atoms with van der Waals surface area (Å²) >= 11 is 0. The zero-order valence-corrected chi connectivity index (χ0v) is 9.34. The van der Waals surface area contributed by atoms with Crippen molar-refractivity contribution in [3.05, 3.63) is 42.0 Å². The van der Waals surface area contributed by atoms with Crippen molar-refractivity contribution in [3.8, 4) is 11.6 Å². The minimum atomic E-state index is -5.01. The van der Waals surface area contributed by atoms with Gasteiger partial charge in [-0.15, -0.1) is 0 Å². The van der Waals surface area contributed by atoms with Crippen molar-refractivity contribution in [2.24, 2.45) is 0 Å². The van der Waals surface area contributed by atoms with Gasteiger partial charge in [-0.05, 0) is 18.2 Å². The molecule has 0 aliphatic heterocycles. The third-order valence-electron chi connectivity index (χ3n) is 2.20. The highest BCUT2D eigenvalue weighted by molar-refractivity contribution is 5.41. The molecule has 0 aliphatic rings. The fraction of sp³-hybridized carbons (Fsp3) is 0.182. The van der Waals surface area contributed by atoms with Gasteiger partial charge in [0.1, 0.15) is 5.75 Å². The molecule has 0 unspecified atom stereocenters. The molecule has 1 aromatic heterocycles. The second-order valence-electron chi connectivity index (χ2n) is 3.59. The number of oxazole rings is 1. The highest BCUT2D eigenvalue weighted by Crippen LogP contribution is 2.41. The second kappa shape index (κ2) is 4.73. The molecule has 3 nitrogen and oxygen atoms in total. The predicted octanol–water partition coefficient (Wildman–Crippen LogP) is 4.30. The minimum absolute atomic E-state index is 0.0286. The quantitative estimate of drug-likeness (QED) is 0.775. The van der Waals surface area contributed by atoms with E-state index in [0.717, 1.165) is 6.26 Å². The molecule has 0 N–H and O–H groups in total. The summed E-state index contributed by atoms with van der Waals surface area (Å²) in [5.41, 5.74) is -2.99. The Hall–Kier alpha value is -2.19. The summed E-state index contributed by atoms with van der Waals surface area (Å²) in [6.07, 6.45) is -7.11. The largest absolute Gasteiger partial charge is 0.437 e. The number of halogens is 6. The fourth-order valence-corrected chi connectivity index (χ4v) is 1.35. The maximum Gasteiger partial charge on any atom is 0.420 e. The van der Waals surface area contributed by atoms with Gasteiger partial charge in [0, 0.05) is 0 Å². The van der Waals surface area contributed by atoms with Crippen LogP contribution in [0.3, 0.4) is 0 Å². The number of alkyl halides is 6. The van der Waals surface area contributed by atoms with Crippen molar-refractivity contribution in [1.29, 1.82) is 0 Å². The molecule has 0 saturated heterocycles. The van der Waals surface area contributed by atoms with Crippen LogP contribution in [0.25, 0.3) is 0 Å². The van der Waals surface area contributed by atoms with E-state index in [2.05, 4.69) is 9.40 Å². The lowest BCUT2D eigenvalue weighted by Gasteiger charge is -2.15. The number of hydrogen-bond donors (Lipinski definition) is 0. The smallest absolute Gasteiger partial charge is 0.420 e. The summed E-state index contributed by atoms with van der Waals surface area (Å²) in [7, 11) is 0. The molecule has 2 rings (SSSR count). The van der Waals surface area contributed by atoms with E-state index in [9.17, 15) is 26.3 Å². The van der Waals surface area contributed by atoms with Crippen LogP contribution in [0, 0.1) is 6.39 Å². The first-order valence-electron chi connectivity index (χ1n) is 4.96. The van der Waals surface area contributed by atoms with Crippen molar-refractivity contribution in [2.75, 3.05) is 0 Å². The normalized spacial score (nSPS) is 12.5. The molecular weight excluding hydrogens is 292 g/mol. The van der Waals surface area contributed by atoms with Gasteiger partial charge in [0.25, 0.3) is 12.3 Å². The summed E-state index contributed by atoms with van der Waals surface area (Å²) in [6.45, 7) is 0. The van der Waals surface area contributed by atoms with Crippen molar-refractivity contribution >= 4 is 0 Å². The van der Waals surface area contributed by atoms with Crippen LogP contribution in [0.4, 0.5) is 26.3 Å². The summed E-state index contributed by atoms with van der Waals surface area (Å²) in [4.78, 5) is 3.30. The van der Waals surface area contributed by atoms with Crippen LogP contribution in [0.15, 0.2) is 28.9 Å². The van der Waals surface area contributed by atoms with E-state index in [1.54, 1.807) is 0 Å². The third-order valence-corrected chi connectivity index (χ3v) is 2.20. The van der Waals surface area contributed by atoms with Gasteiger partial charge in [-0.1, -0.05) is 0 Å². The zero-order chi connectivity index (χ0) is 15.0. The number of aromatic nitrogens is 1. The molecule has 107 valence electrons. The molecule has 2 aromatic rings. The van der Waals surface area contributed by atoms with E-state index in [0.29, 0.717) is 12.1 Å². The van der Waals surface area contributed by atoms with E-state index >= 15 is 0 Å². The lowest BCUT2D eigenvalue weighted by Crippen LogP contribution is -2.11. The van der Waals surface area contributed by atoms with Gasteiger partial charge in [0.15, 0.2) is 6.26 Å². The molecule has 20 heavy (non-hydrogen) atoms. The van der Waals surface area contributed by atoms with Gasteiger partial charge in [0.2, 0.25) is 0 Å². The summed E-state index contributed by atoms with van der Waals surface area (Å²) in [5, 5.41) is 0. The SMILES string of the molecule is FC(F)(F)c1ccc(Oc2co[c]n2)c(C(F)(F)F)c1. The van der Waals surface area contributed by atoms with E-state index in [1.807, 2.05) is 6.39 Å². The minimum Gasteiger partial charge on any atom is -0.437 e. The number of hydrogen-bond acceptors (Lipinski definition) is 3. The maximum atomic E-state index is 12.7. The predicted molar refractivity (Wildman–Crippen MR) is 51.9 cm³/mol. The van der Waals surface area contributed by atoms with Crippen molar-refractivity contribution in [1.82, 2.24) is 4.98 Å². The Morgan fingerprint density at radius 1 is 1.05 bits per heavy atom. The average Bonchev–Trinajstić information content (AvgIpc) is 2.79. The Bertz CT molecular complexity index is 588. The standard InChI is InChI=1S/C11H4F6NO2/c12-10(13,14)6-1-2-8(7(3-6)11(15,16)17)20-9-4-19-5-18-9/h1-4H. The van der Waals surface area contributed by atoms with Crippen molar-refractivity contribution < 1.29 is 35.5 Å². The lowest BCUT2D eigenvalue weighted by atomic mass is 10.1. The Morgan fingerprint density at radius 2 is 1.75 bits per heavy atom.